The average molecular weight is 580 g/mol. The zero-order valence-corrected chi connectivity index (χ0v) is 21.5. The molecule has 0 fully saturated rings. The number of hydrogen-bond acceptors (Lipinski definition) is 15. The van der Waals surface area contributed by atoms with Gasteiger partial charge < -0.3 is 49.5 Å². The molecular formula is C20H25BCuO15. The topological polar surface area (TPSA) is 286 Å². The third kappa shape index (κ3) is 112. The molecule has 0 aliphatic carbocycles. The van der Waals surface area contributed by atoms with Crippen LogP contribution in [0.1, 0.15) is 66.7 Å². The Labute approximate surface area is 224 Å². The number of carboxylic acid groups (broad SMARTS) is 5. The summed E-state index contributed by atoms with van der Waals surface area (Å²) in [5.41, 5.74) is 0. The molecule has 0 bridgehead atoms. The molecule has 17 heteroatoms. The maximum Gasteiger partial charge on any atom is 3.00 e. The molecule has 0 aromatic rings. The number of ketones is 5. The molecule has 0 heterocycles. The molecule has 0 aliphatic heterocycles. The standard InChI is InChI=1S/5C4H6O3.B.Cu/c5*1-3(5)2-4(6)7;;/h5*2H2,1H3,(H,6,7);;/q;;;;;+3;+2/p-5. The summed E-state index contributed by atoms with van der Waals surface area (Å²) in [6, 6.07) is 0. The van der Waals surface area contributed by atoms with Crippen LogP contribution in [0.2, 0.25) is 0 Å². The van der Waals surface area contributed by atoms with Crippen LogP contribution < -0.4 is 25.5 Å². The van der Waals surface area contributed by atoms with Gasteiger partial charge >= 0.3 is 25.5 Å². The number of rotatable bonds is 10. The van der Waals surface area contributed by atoms with Crippen molar-refractivity contribution >= 4 is 67.2 Å². The maximum absolute atomic E-state index is 9.83. The van der Waals surface area contributed by atoms with E-state index in [9.17, 15) is 73.5 Å². The van der Waals surface area contributed by atoms with Crippen LogP contribution in [0.25, 0.3) is 0 Å². The van der Waals surface area contributed by atoms with Crippen molar-refractivity contribution in [3.63, 3.8) is 0 Å². The van der Waals surface area contributed by atoms with E-state index in [-0.39, 0.29) is 54.4 Å². The molecule has 0 saturated carbocycles. The van der Waals surface area contributed by atoms with Gasteiger partial charge in [-0.15, -0.1) is 0 Å². The SMILES string of the molecule is CC(=O)CC(=O)[O-].CC(=O)CC(=O)[O-].CC(=O)CC(=O)[O-].CC(=O)CC(=O)[O-].CC(=O)CC(=O)[O-].[B+3].[Cu+2]. The minimum Gasteiger partial charge on any atom is -0.550 e. The Bertz CT molecular complexity index is 580. The Morgan fingerprint density at radius 1 is 0.351 bits per heavy atom. The Balaban J connectivity index is -0.0000000600. The van der Waals surface area contributed by atoms with Crippen molar-refractivity contribution in [3.05, 3.63) is 0 Å². The van der Waals surface area contributed by atoms with E-state index in [4.69, 9.17) is 0 Å². The summed E-state index contributed by atoms with van der Waals surface area (Å²) >= 11 is 0. The second kappa shape index (κ2) is 32.3. The van der Waals surface area contributed by atoms with Gasteiger partial charge in [-0.2, -0.15) is 0 Å². The normalized spacial score (nSPS) is 7.70. The number of hydrogen-bond donors (Lipinski definition) is 0. The molecule has 0 aromatic heterocycles. The van der Waals surface area contributed by atoms with E-state index in [1.165, 1.54) is 34.6 Å². The molecule has 0 amide bonds. The quantitative estimate of drug-likeness (QED) is 0.171. The molecule has 0 aromatic carbocycles. The molecule has 0 aliphatic rings. The van der Waals surface area contributed by atoms with Gasteiger partial charge in [0.05, 0.1) is 0 Å². The van der Waals surface area contributed by atoms with Gasteiger partial charge in [-0.05, 0) is 34.6 Å². The summed E-state index contributed by atoms with van der Waals surface area (Å²) in [7, 11) is 0. The van der Waals surface area contributed by atoms with Gasteiger partial charge in [0.2, 0.25) is 0 Å². The van der Waals surface area contributed by atoms with Crippen LogP contribution in [0.3, 0.4) is 0 Å². The van der Waals surface area contributed by atoms with Gasteiger partial charge in [-0.3, -0.25) is 24.0 Å². The zero-order chi connectivity index (χ0) is 29.3. The number of Topliss-reactive ketones (excluding diaryl/α,β-unsaturated/α-hetero) is 5. The van der Waals surface area contributed by atoms with Gasteiger partial charge in [0.25, 0.3) is 0 Å². The maximum atomic E-state index is 9.83. The van der Waals surface area contributed by atoms with Crippen LogP contribution >= 0.6 is 0 Å². The molecule has 209 valence electrons. The fourth-order valence-corrected chi connectivity index (χ4v) is 1.02. The van der Waals surface area contributed by atoms with Crippen molar-refractivity contribution in [1.82, 2.24) is 0 Å². The molecule has 0 atom stereocenters. The van der Waals surface area contributed by atoms with Gasteiger partial charge in [0, 0.05) is 62.0 Å². The summed E-state index contributed by atoms with van der Waals surface area (Å²) in [6.07, 6.45) is -2.36. The van der Waals surface area contributed by atoms with E-state index in [1.807, 2.05) is 0 Å². The minimum atomic E-state index is -1.31. The molecule has 15 nitrogen and oxygen atoms in total. The molecular weight excluding hydrogens is 555 g/mol. The molecule has 0 N–H and O–H groups in total. The number of carbonyl (C=O) groups is 10. The predicted molar refractivity (Wildman–Crippen MR) is 107 cm³/mol. The summed E-state index contributed by atoms with van der Waals surface area (Å²) in [5, 5.41) is 47.4. The fraction of sp³-hybridized carbons (Fsp3) is 0.500. The first kappa shape index (κ1) is 50.2. The van der Waals surface area contributed by atoms with Crippen LogP contribution in [0.5, 0.6) is 0 Å². The van der Waals surface area contributed by atoms with Crippen molar-refractivity contribution in [1.29, 1.82) is 0 Å². The van der Waals surface area contributed by atoms with Crippen molar-refractivity contribution in [2.75, 3.05) is 0 Å². The largest absolute Gasteiger partial charge is 3.00 e. The van der Waals surface area contributed by atoms with E-state index in [0.717, 1.165) is 0 Å². The van der Waals surface area contributed by atoms with E-state index in [1.54, 1.807) is 0 Å². The predicted octanol–water partition coefficient (Wildman–Crippen LogP) is -6.81. The second-order valence-electron chi connectivity index (χ2n) is 6.25. The molecule has 0 spiro atoms. The van der Waals surface area contributed by atoms with Crippen molar-refractivity contribution < 1.29 is 90.5 Å². The van der Waals surface area contributed by atoms with Crippen LogP contribution in [0.15, 0.2) is 0 Å². The first-order valence-corrected chi connectivity index (χ1v) is 9.10. The van der Waals surface area contributed by atoms with Crippen LogP contribution in [-0.4, -0.2) is 67.2 Å². The first-order valence-electron chi connectivity index (χ1n) is 9.10. The molecule has 0 saturated heterocycles. The van der Waals surface area contributed by atoms with E-state index < -0.39 is 62.0 Å². The summed E-state index contributed by atoms with van der Waals surface area (Å²) in [5.74, 6) is -8.44. The van der Waals surface area contributed by atoms with Gasteiger partial charge in [0.15, 0.2) is 0 Å². The Morgan fingerprint density at radius 3 is 0.432 bits per heavy atom. The van der Waals surface area contributed by atoms with Crippen molar-refractivity contribution in [2.24, 2.45) is 0 Å². The third-order valence-electron chi connectivity index (χ3n) is 1.97. The van der Waals surface area contributed by atoms with Gasteiger partial charge in [-0.1, -0.05) is 0 Å². The number of carbonyl (C=O) groups excluding carboxylic acids is 10. The Morgan fingerprint density at radius 2 is 0.432 bits per heavy atom. The molecule has 0 unspecified atom stereocenters. The summed E-state index contributed by atoms with van der Waals surface area (Å²) in [4.78, 5) is 96.6. The zero-order valence-electron chi connectivity index (χ0n) is 20.5. The van der Waals surface area contributed by atoms with Crippen LogP contribution in [-0.2, 0) is 65.0 Å². The van der Waals surface area contributed by atoms with Crippen LogP contribution in [0.4, 0.5) is 0 Å². The van der Waals surface area contributed by atoms with Crippen LogP contribution in [0, 0.1) is 0 Å². The summed E-state index contributed by atoms with van der Waals surface area (Å²) < 4.78 is 0. The van der Waals surface area contributed by atoms with Crippen molar-refractivity contribution in [2.45, 2.75) is 66.7 Å². The van der Waals surface area contributed by atoms with E-state index in [0.29, 0.717) is 0 Å². The fourth-order valence-electron chi connectivity index (χ4n) is 1.02. The second-order valence-corrected chi connectivity index (χ2v) is 6.25. The third-order valence-corrected chi connectivity index (χ3v) is 1.97. The van der Waals surface area contributed by atoms with E-state index >= 15 is 0 Å². The average Bonchev–Trinajstić information content (AvgIpc) is 2.49. The molecule has 37 heavy (non-hydrogen) atoms. The molecule has 1 radical (unpaired) electrons. The first-order chi connectivity index (χ1) is 15.6. The number of carboxylic acids is 5. The van der Waals surface area contributed by atoms with Crippen molar-refractivity contribution in [3.8, 4) is 0 Å². The van der Waals surface area contributed by atoms with Gasteiger partial charge in [-0.25, -0.2) is 0 Å². The smallest absolute Gasteiger partial charge is 0.550 e. The molecule has 0 rings (SSSR count). The Kier molecular flexibility index (Phi) is 43.8. The monoisotopic (exact) mass is 579 g/mol. The van der Waals surface area contributed by atoms with Gasteiger partial charge in [0.1, 0.15) is 28.9 Å². The minimum absolute atomic E-state index is 0. The number of aliphatic carboxylic acids is 5. The Hall–Kier alpha value is -3.72. The van der Waals surface area contributed by atoms with E-state index in [2.05, 4.69) is 0 Å². The summed E-state index contributed by atoms with van der Waals surface area (Å²) in [6.45, 7) is 6.02.